The van der Waals surface area contributed by atoms with Crippen molar-refractivity contribution in [1.82, 2.24) is 9.29 Å². The molecule has 1 aromatic heterocycles. The molecule has 1 aromatic rings. The fourth-order valence-electron chi connectivity index (χ4n) is 1.94. The van der Waals surface area contributed by atoms with Crippen LogP contribution in [0.1, 0.15) is 27.2 Å². The van der Waals surface area contributed by atoms with Gasteiger partial charge in [-0.05, 0) is 25.0 Å². The number of nitrogens with one attached hydrogen (secondary N) is 1. The second-order valence-corrected chi connectivity index (χ2v) is 6.90. The van der Waals surface area contributed by atoms with Crippen molar-refractivity contribution >= 4 is 15.7 Å². The molecule has 0 radical (unpaired) electrons. The Hall–Kier alpha value is -1.65. The van der Waals surface area contributed by atoms with Crippen molar-refractivity contribution in [3.63, 3.8) is 0 Å². The van der Waals surface area contributed by atoms with Crippen molar-refractivity contribution in [2.45, 2.75) is 32.2 Å². The van der Waals surface area contributed by atoms with Crippen molar-refractivity contribution in [2.24, 2.45) is 5.92 Å². The van der Waals surface area contributed by atoms with Crippen LogP contribution in [0.5, 0.6) is 0 Å². The van der Waals surface area contributed by atoms with Gasteiger partial charge in [0.2, 0.25) is 0 Å². The summed E-state index contributed by atoms with van der Waals surface area (Å²) in [4.78, 5) is 4.03. The summed E-state index contributed by atoms with van der Waals surface area (Å²) in [7, 11) is -3.71. The highest BCUT2D eigenvalue weighted by Crippen LogP contribution is 2.23. The first kappa shape index (κ1) is 17.4. The summed E-state index contributed by atoms with van der Waals surface area (Å²) in [6, 6.07) is 5.38. The van der Waals surface area contributed by atoms with Gasteiger partial charge in [0.25, 0.3) is 10.0 Å². The van der Waals surface area contributed by atoms with Gasteiger partial charge in [0.15, 0.2) is 5.03 Å². The van der Waals surface area contributed by atoms with Crippen molar-refractivity contribution < 1.29 is 8.42 Å². The number of rotatable bonds is 8. The summed E-state index contributed by atoms with van der Waals surface area (Å²) in [6.45, 7) is 6.93. The number of nitrogens with zero attached hydrogens (tertiary/aromatic N) is 3. The van der Waals surface area contributed by atoms with Gasteiger partial charge in [-0.15, -0.1) is 0 Å². The zero-order chi connectivity index (χ0) is 15.9. The lowest BCUT2D eigenvalue weighted by Gasteiger charge is -2.23. The molecule has 1 N–H and O–H groups in total. The zero-order valence-electron chi connectivity index (χ0n) is 12.7. The minimum atomic E-state index is -3.71. The van der Waals surface area contributed by atoms with Gasteiger partial charge in [0.05, 0.1) is 11.8 Å². The smallest absolute Gasteiger partial charge is 0.262 e. The minimum Gasteiger partial charge on any atom is -0.383 e. The van der Waals surface area contributed by atoms with E-state index in [0.717, 1.165) is 0 Å². The average molecular weight is 310 g/mol. The van der Waals surface area contributed by atoms with E-state index in [9.17, 15) is 8.42 Å². The second kappa shape index (κ2) is 7.96. The summed E-state index contributed by atoms with van der Waals surface area (Å²) < 4.78 is 26.9. The van der Waals surface area contributed by atoms with E-state index in [1.807, 2.05) is 26.8 Å². The van der Waals surface area contributed by atoms with Gasteiger partial charge in [-0.25, -0.2) is 13.4 Å². The number of pyridine rings is 1. The maximum Gasteiger partial charge on any atom is 0.262 e. The molecule has 0 unspecified atom stereocenters. The predicted molar refractivity (Wildman–Crippen MR) is 82.2 cm³/mol. The van der Waals surface area contributed by atoms with Crippen LogP contribution in [0.15, 0.2) is 23.4 Å². The van der Waals surface area contributed by atoms with E-state index < -0.39 is 10.0 Å². The Morgan fingerprint density at radius 2 is 2.19 bits per heavy atom. The summed E-state index contributed by atoms with van der Waals surface area (Å²) >= 11 is 0. The molecular weight excluding hydrogens is 288 g/mol. The first-order valence-electron chi connectivity index (χ1n) is 6.99. The van der Waals surface area contributed by atoms with Gasteiger partial charge in [0.1, 0.15) is 0 Å². The van der Waals surface area contributed by atoms with Gasteiger partial charge in [0, 0.05) is 32.3 Å². The number of sulfonamides is 1. The van der Waals surface area contributed by atoms with E-state index in [1.165, 1.54) is 10.5 Å². The number of hydrogen-bond acceptors (Lipinski definition) is 5. The number of hydrogen-bond donors (Lipinski definition) is 1. The Bertz CT molecular complexity index is 593. The van der Waals surface area contributed by atoms with Gasteiger partial charge < -0.3 is 5.32 Å². The maximum atomic E-state index is 12.8. The molecule has 0 fully saturated rings. The van der Waals surface area contributed by atoms with Crippen LogP contribution >= 0.6 is 0 Å². The molecule has 7 heteroatoms. The maximum absolute atomic E-state index is 12.8. The molecule has 0 aliphatic heterocycles. The summed E-state index contributed by atoms with van der Waals surface area (Å²) in [6.07, 6.45) is 1.63. The standard InChI is InChI=1S/C14H22N4O2S/c1-4-16-13-7-5-9-17-14(13)21(19,20)18(10-6-8-15)11-12(2)3/h5,7,9,12,16H,4,6,10-11H2,1-3H3. The third kappa shape index (κ3) is 4.69. The van der Waals surface area contributed by atoms with Gasteiger partial charge in [-0.2, -0.15) is 9.57 Å². The van der Waals surface area contributed by atoms with E-state index in [4.69, 9.17) is 5.26 Å². The molecule has 0 aromatic carbocycles. The first-order valence-corrected chi connectivity index (χ1v) is 8.43. The van der Waals surface area contributed by atoms with E-state index in [-0.39, 0.29) is 23.9 Å². The largest absolute Gasteiger partial charge is 0.383 e. The van der Waals surface area contributed by atoms with Crippen LogP contribution in [-0.2, 0) is 10.0 Å². The lowest BCUT2D eigenvalue weighted by molar-refractivity contribution is 0.371. The van der Waals surface area contributed by atoms with E-state index in [1.54, 1.807) is 12.1 Å². The summed E-state index contributed by atoms with van der Waals surface area (Å²) in [5, 5.41) is 11.8. The lowest BCUT2D eigenvalue weighted by Crippen LogP contribution is -2.35. The van der Waals surface area contributed by atoms with Crippen LogP contribution in [0.3, 0.4) is 0 Å². The fourth-order valence-corrected chi connectivity index (χ4v) is 3.62. The minimum absolute atomic E-state index is 0.0189. The highest BCUT2D eigenvalue weighted by Gasteiger charge is 2.28. The molecule has 21 heavy (non-hydrogen) atoms. The third-order valence-corrected chi connectivity index (χ3v) is 4.59. The monoisotopic (exact) mass is 310 g/mol. The van der Waals surface area contributed by atoms with Gasteiger partial charge in [-0.3, -0.25) is 0 Å². The number of aromatic nitrogens is 1. The number of nitriles is 1. The Balaban J connectivity index is 3.19. The van der Waals surface area contributed by atoms with E-state index >= 15 is 0 Å². The molecular formula is C14H22N4O2S. The highest BCUT2D eigenvalue weighted by molar-refractivity contribution is 7.89. The van der Waals surface area contributed by atoms with Crippen LogP contribution in [0.25, 0.3) is 0 Å². The van der Waals surface area contributed by atoms with Gasteiger partial charge >= 0.3 is 0 Å². The molecule has 0 aliphatic carbocycles. The lowest BCUT2D eigenvalue weighted by atomic mass is 10.2. The van der Waals surface area contributed by atoms with Gasteiger partial charge in [-0.1, -0.05) is 13.8 Å². The van der Waals surface area contributed by atoms with Crippen molar-refractivity contribution in [3.8, 4) is 6.07 Å². The molecule has 0 spiro atoms. The SMILES string of the molecule is CCNc1cccnc1S(=O)(=O)N(CCC#N)CC(C)C. The number of anilines is 1. The van der Waals surface area contributed by atoms with Crippen LogP contribution in [0, 0.1) is 17.2 Å². The van der Waals surface area contributed by atoms with Crippen molar-refractivity contribution in [1.29, 1.82) is 5.26 Å². The zero-order valence-corrected chi connectivity index (χ0v) is 13.5. The second-order valence-electron chi connectivity index (χ2n) is 5.05. The molecule has 1 rings (SSSR count). The third-order valence-electron chi connectivity index (χ3n) is 2.76. The Kier molecular flexibility index (Phi) is 6.59. The molecule has 0 amide bonds. The molecule has 0 atom stereocenters. The summed E-state index contributed by atoms with van der Waals surface area (Å²) in [5.41, 5.74) is 0.491. The van der Waals surface area contributed by atoms with E-state index in [2.05, 4.69) is 10.3 Å². The Morgan fingerprint density at radius 1 is 1.48 bits per heavy atom. The quantitative estimate of drug-likeness (QED) is 0.794. The Morgan fingerprint density at radius 3 is 2.76 bits per heavy atom. The summed E-state index contributed by atoms with van der Waals surface area (Å²) in [5.74, 6) is 0.171. The molecule has 6 nitrogen and oxygen atoms in total. The van der Waals surface area contributed by atoms with Crippen molar-refractivity contribution in [2.75, 3.05) is 25.0 Å². The molecule has 0 saturated carbocycles. The van der Waals surface area contributed by atoms with Crippen LogP contribution in [0.2, 0.25) is 0 Å². The fraction of sp³-hybridized carbons (Fsp3) is 0.571. The normalized spacial score (nSPS) is 11.6. The van der Waals surface area contributed by atoms with Crippen molar-refractivity contribution in [3.05, 3.63) is 18.3 Å². The predicted octanol–water partition coefficient (Wildman–Crippen LogP) is 2.07. The van der Waals surface area contributed by atoms with Crippen LogP contribution < -0.4 is 5.32 Å². The molecule has 0 bridgehead atoms. The first-order chi connectivity index (χ1) is 9.93. The molecule has 0 aliphatic rings. The van der Waals surface area contributed by atoms with Crippen LogP contribution in [-0.4, -0.2) is 37.3 Å². The average Bonchev–Trinajstić information content (AvgIpc) is 2.43. The molecule has 0 saturated heterocycles. The molecule has 1 heterocycles. The highest BCUT2D eigenvalue weighted by atomic mass is 32.2. The topological polar surface area (TPSA) is 86.1 Å². The van der Waals surface area contributed by atoms with Crippen LogP contribution in [0.4, 0.5) is 5.69 Å². The molecule has 116 valence electrons. The Labute approximate surface area is 126 Å². The van der Waals surface area contributed by atoms with E-state index in [0.29, 0.717) is 18.8 Å².